The molecule has 1 heterocycles. The molecule has 5 nitrogen and oxygen atoms in total. The largest absolute Gasteiger partial charge is 0.495 e. The van der Waals surface area contributed by atoms with Gasteiger partial charge in [-0.15, -0.1) is 0 Å². The van der Waals surface area contributed by atoms with Gasteiger partial charge in [-0.3, -0.25) is 4.79 Å². The van der Waals surface area contributed by atoms with Crippen molar-refractivity contribution in [2.24, 2.45) is 5.92 Å². The van der Waals surface area contributed by atoms with Gasteiger partial charge in [-0.2, -0.15) is 0 Å². The highest BCUT2D eigenvalue weighted by Gasteiger charge is 2.29. The summed E-state index contributed by atoms with van der Waals surface area (Å²) >= 11 is 0. The van der Waals surface area contributed by atoms with E-state index in [1.807, 2.05) is 43.3 Å². The Balaban J connectivity index is 1.56. The molecule has 0 radical (unpaired) electrons. The smallest absolute Gasteiger partial charge is 0.282 e. The standard InChI is InChI=1S/C23H28N2O3/c1-14-8-4-6-10-18(14)24-15(2)23(26)25-19-13-21-17(12-22(19)27-3)16-9-5-7-11-20(16)28-21/h5,7,9,11-15,18,24H,4,6,8,10H2,1-3H3,(H,25,26)/p+1/t14-,15+,18+/m1/s1. The number of ether oxygens (including phenoxy) is 1. The lowest BCUT2D eigenvalue weighted by molar-refractivity contribution is -0.714. The molecule has 28 heavy (non-hydrogen) atoms. The van der Waals surface area contributed by atoms with E-state index in [2.05, 4.69) is 17.6 Å². The fourth-order valence-corrected chi connectivity index (χ4v) is 4.35. The van der Waals surface area contributed by atoms with Crippen LogP contribution in [0, 0.1) is 5.92 Å². The van der Waals surface area contributed by atoms with Gasteiger partial charge in [-0.05, 0) is 38.3 Å². The highest BCUT2D eigenvalue weighted by Crippen LogP contribution is 2.36. The van der Waals surface area contributed by atoms with Crippen LogP contribution in [-0.2, 0) is 4.79 Å². The summed E-state index contributed by atoms with van der Waals surface area (Å²) in [5.41, 5.74) is 2.22. The Labute approximate surface area is 165 Å². The van der Waals surface area contributed by atoms with Gasteiger partial charge in [-0.25, -0.2) is 0 Å². The number of methoxy groups -OCH3 is 1. The van der Waals surface area contributed by atoms with Crippen LogP contribution in [0.5, 0.6) is 5.75 Å². The molecule has 148 valence electrons. The van der Waals surface area contributed by atoms with E-state index in [-0.39, 0.29) is 11.9 Å². The maximum absolute atomic E-state index is 12.8. The SMILES string of the molecule is COc1cc2c(cc1NC(=O)[C@H](C)[NH2+][C@H]1CCCC[C@H]1C)oc1ccccc12. The third kappa shape index (κ3) is 3.59. The number of furan rings is 1. The predicted molar refractivity (Wildman–Crippen MR) is 112 cm³/mol. The quantitative estimate of drug-likeness (QED) is 0.700. The van der Waals surface area contributed by atoms with Crippen LogP contribution in [-0.4, -0.2) is 25.1 Å². The molecule has 0 bridgehead atoms. The van der Waals surface area contributed by atoms with Crippen LogP contribution in [0.25, 0.3) is 21.9 Å². The first-order chi connectivity index (χ1) is 13.6. The van der Waals surface area contributed by atoms with E-state index < -0.39 is 0 Å². The van der Waals surface area contributed by atoms with Gasteiger partial charge in [0, 0.05) is 22.8 Å². The normalized spacial score (nSPS) is 21.0. The summed E-state index contributed by atoms with van der Waals surface area (Å²) in [5.74, 6) is 1.29. The van der Waals surface area contributed by atoms with Crippen LogP contribution >= 0.6 is 0 Å². The van der Waals surface area contributed by atoms with Crippen molar-refractivity contribution in [1.82, 2.24) is 0 Å². The van der Waals surface area contributed by atoms with Crippen molar-refractivity contribution in [3.63, 3.8) is 0 Å². The average Bonchev–Trinajstić information content (AvgIpc) is 3.06. The summed E-state index contributed by atoms with van der Waals surface area (Å²) in [6.07, 6.45) is 5.01. The first kappa shape index (κ1) is 18.8. The van der Waals surface area contributed by atoms with Gasteiger partial charge >= 0.3 is 0 Å². The molecular weight excluding hydrogens is 352 g/mol. The van der Waals surface area contributed by atoms with Crippen LogP contribution in [0.1, 0.15) is 39.5 Å². The molecule has 5 heteroatoms. The monoisotopic (exact) mass is 381 g/mol. The molecule has 0 saturated heterocycles. The van der Waals surface area contributed by atoms with Gasteiger partial charge in [0.1, 0.15) is 16.9 Å². The van der Waals surface area contributed by atoms with Gasteiger partial charge < -0.3 is 19.8 Å². The fraction of sp³-hybridized carbons (Fsp3) is 0.435. The van der Waals surface area contributed by atoms with E-state index in [1.165, 1.54) is 25.7 Å². The highest BCUT2D eigenvalue weighted by atomic mass is 16.5. The second-order valence-corrected chi connectivity index (χ2v) is 8.04. The maximum atomic E-state index is 12.8. The summed E-state index contributed by atoms with van der Waals surface area (Å²) in [6.45, 7) is 4.27. The first-order valence-corrected chi connectivity index (χ1v) is 10.2. The molecule has 1 fully saturated rings. The van der Waals surface area contributed by atoms with Crippen molar-refractivity contribution in [2.45, 2.75) is 51.6 Å². The molecule has 3 aromatic rings. The van der Waals surface area contributed by atoms with E-state index in [1.54, 1.807) is 7.11 Å². The summed E-state index contributed by atoms with van der Waals surface area (Å²) in [4.78, 5) is 12.8. The molecule has 1 aliphatic rings. The topological polar surface area (TPSA) is 68.1 Å². The molecule has 1 aromatic heterocycles. The molecule has 0 spiro atoms. The number of benzene rings is 2. The maximum Gasteiger partial charge on any atom is 0.282 e. The second-order valence-electron chi connectivity index (χ2n) is 8.04. The Bertz CT molecular complexity index is 994. The van der Waals surface area contributed by atoms with E-state index in [0.717, 1.165) is 21.9 Å². The van der Waals surface area contributed by atoms with Crippen molar-refractivity contribution in [3.8, 4) is 5.75 Å². The number of quaternary nitrogens is 1. The lowest BCUT2D eigenvalue weighted by Crippen LogP contribution is -2.97. The number of rotatable bonds is 5. The van der Waals surface area contributed by atoms with Crippen molar-refractivity contribution < 1.29 is 19.3 Å². The molecule has 0 unspecified atom stereocenters. The summed E-state index contributed by atoms with van der Waals surface area (Å²) in [6, 6.07) is 12.1. The van der Waals surface area contributed by atoms with Crippen LogP contribution < -0.4 is 15.4 Å². The molecule has 1 aliphatic carbocycles. The summed E-state index contributed by atoms with van der Waals surface area (Å²) in [7, 11) is 1.62. The number of para-hydroxylation sites is 1. The minimum absolute atomic E-state index is 0.00784. The molecule has 4 rings (SSSR count). The van der Waals surface area contributed by atoms with Gasteiger partial charge in [0.15, 0.2) is 6.04 Å². The van der Waals surface area contributed by atoms with Crippen molar-refractivity contribution in [2.75, 3.05) is 12.4 Å². The molecule has 3 atom stereocenters. The van der Waals surface area contributed by atoms with Crippen LogP contribution in [0.4, 0.5) is 5.69 Å². The number of hydrogen-bond acceptors (Lipinski definition) is 3. The molecule has 0 aliphatic heterocycles. The lowest BCUT2D eigenvalue weighted by Gasteiger charge is -2.28. The Morgan fingerprint density at radius 3 is 2.75 bits per heavy atom. The zero-order chi connectivity index (χ0) is 19.7. The van der Waals surface area contributed by atoms with Crippen molar-refractivity contribution >= 4 is 33.5 Å². The van der Waals surface area contributed by atoms with Gasteiger partial charge in [0.05, 0.1) is 18.8 Å². The third-order valence-electron chi connectivity index (χ3n) is 6.08. The molecule has 1 amide bonds. The summed E-state index contributed by atoms with van der Waals surface area (Å²) < 4.78 is 11.5. The van der Waals surface area contributed by atoms with E-state index in [4.69, 9.17) is 9.15 Å². The Hall–Kier alpha value is -2.53. The zero-order valence-electron chi connectivity index (χ0n) is 16.8. The summed E-state index contributed by atoms with van der Waals surface area (Å²) in [5, 5.41) is 7.30. The van der Waals surface area contributed by atoms with Crippen LogP contribution in [0.3, 0.4) is 0 Å². The number of hydrogen-bond donors (Lipinski definition) is 2. The number of amides is 1. The van der Waals surface area contributed by atoms with E-state index in [9.17, 15) is 4.79 Å². The average molecular weight is 381 g/mol. The predicted octanol–water partition coefficient (Wildman–Crippen LogP) is 4.06. The Kier molecular flexibility index (Phi) is 5.27. The third-order valence-corrected chi connectivity index (χ3v) is 6.08. The van der Waals surface area contributed by atoms with E-state index >= 15 is 0 Å². The minimum Gasteiger partial charge on any atom is -0.495 e. The van der Waals surface area contributed by atoms with Crippen molar-refractivity contribution in [3.05, 3.63) is 36.4 Å². The lowest BCUT2D eigenvalue weighted by atomic mass is 9.85. The van der Waals surface area contributed by atoms with Gasteiger partial charge in [0.2, 0.25) is 0 Å². The molecule has 1 saturated carbocycles. The second kappa shape index (κ2) is 7.84. The Morgan fingerprint density at radius 1 is 1.18 bits per heavy atom. The fourth-order valence-electron chi connectivity index (χ4n) is 4.35. The van der Waals surface area contributed by atoms with Crippen LogP contribution in [0.15, 0.2) is 40.8 Å². The number of anilines is 1. The van der Waals surface area contributed by atoms with Gasteiger partial charge in [-0.1, -0.05) is 31.5 Å². The molecular formula is C23H29N2O3+. The highest BCUT2D eigenvalue weighted by molar-refractivity contribution is 6.08. The minimum atomic E-state index is -0.151. The number of nitrogens with one attached hydrogen (secondary N) is 1. The van der Waals surface area contributed by atoms with Crippen LogP contribution in [0.2, 0.25) is 0 Å². The molecule has 3 N–H and O–H groups in total. The number of carbonyl (C=O) groups is 1. The van der Waals surface area contributed by atoms with Crippen molar-refractivity contribution in [1.29, 1.82) is 0 Å². The first-order valence-electron chi connectivity index (χ1n) is 10.2. The number of carbonyl (C=O) groups excluding carboxylic acids is 1. The number of nitrogens with two attached hydrogens (primary N) is 1. The van der Waals surface area contributed by atoms with E-state index in [0.29, 0.717) is 23.4 Å². The Morgan fingerprint density at radius 2 is 1.96 bits per heavy atom. The van der Waals surface area contributed by atoms with Gasteiger partial charge in [0.25, 0.3) is 5.91 Å². The molecule has 2 aromatic carbocycles. The number of fused-ring (bicyclic) bond motifs is 3. The zero-order valence-corrected chi connectivity index (χ0v) is 16.8.